The van der Waals surface area contributed by atoms with Crippen LogP contribution in [0.15, 0.2) is 4.90 Å². The average molecular weight is 298 g/mol. The minimum atomic E-state index is -3.46. The van der Waals surface area contributed by atoms with Crippen LogP contribution in [0.4, 0.5) is 0 Å². The number of hydrogen-bond donors (Lipinski definition) is 1. The number of sulfonamides is 1. The minimum absolute atomic E-state index is 0.448. The molecule has 0 saturated carbocycles. The van der Waals surface area contributed by atoms with Crippen molar-refractivity contribution in [2.24, 2.45) is 5.73 Å². The van der Waals surface area contributed by atoms with Crippen LogP contribution in [0.5, 0.6) is 0 Å². The van der Waals surface area contributed by atoms with Gasteiger partial charge in [-0.05, 0) is 75.4 Å². The molecule has 0 aliphatic carbocycles. The van der Waals surface area contributed by atoms with Crippen LogP contribution in [0.3, 0.4) is 0 Å². The van der Waals surface area contributed by atoms with E-state index in [1.807, 2.05) is 34.6 Å². The van der Waals surface area contributed by atoms with Crippen molar-refractivity contribution in [3.8, 4) is 0 Å². The first kappa shape index (κ1) is 17.1. The number of benzene rings is 1. The normalized spacial score (nSPS) is 12.2. The average Bonchev–Trinajstić information content (AvgIpc) is 2.40. The molecule has 0 aromatic heterocycles. The van der Waals surface area contributed by atoms with Gasteiger partial charge >= 0.3 is 0 Å². The Morgan fingerprint density at radius 3 is 1.70 bits per heavy atom. The van der Waals surface area contributed by atoms with Crippen molar-refractivity contribution in [3.05, 3.63) is 27.8 Å². The highest BCUT2D eigenvalue weighted by atomic mass is 32.2. The summed E-state index contributed by atoms with van der Waals surface area (Å²) in [4.78, 5) is 0.456. The highest BCUT2D eigenvalue weighted by Gasteiger charge is 2.27. The van der Waals surface area contributed by atoms with Crippen molar-refractivity contribution >= 4 is 10.0 Å². The van der Waals surface area contributed by atoms with Gasteiger partial charge in [0, 0.05) is 13.6 Å². The first-order valence-corrected chi connectivity index (χ1v) is 8.33. The monoisotopic (exact) mass is 298 g/mol. The Bertz CT molecular complexity index is 578. The van der Waals surface area contributed by atoms with Gasteiger partial charge in [0.1, 0.15) is 0 Å². The first-order chi connectivity index (χ1) is 9.16. The standard InChI is InChI=1S/C15H26N2O2S/c1-10-11(2)13(4)15(14(5)12(10)3)20(18,19)17(6)9-7-8-16/h7-9,16H2,1-6H3. The predicted molar refractivity (Wildman–Crippen MR) is 83.6 cm³/mol. The second kappa shape index (κ2) is 6.24. The van der Waals surface area contributed by atoms with Crippen LogP contribution < -0.4 is 5.73 Å². The zero-order chi connectivity index (χ0) is 15.7. The lowest BCUT2D eigenvalue weighted by atomic mass is 9.95. The van der Waals surface area contributed by atoms with Crippen LogP contribution in [-0.4, -0.2) is 32.9 Å². The molecule has 1 rings (SSSR count). The van der Waals surface area contributed by atoms with Gasteiger partial charge in [0.25, 0.3) is 0 Å². The zero-order valence-electron chi connectivity index (χ0n) is 13.4. The number of hydrogen-bond acceptors (Lipinski definition) is 3. The molecule has 20 heavy (non-hydrogen) atoms. The van der Waals surface area contributed by atoms with Gasteiger partial charge < -0.3 is 5.73 Å². The molecule has 2 N–H and O–H groups in total. The third-order valence-corrected chi connectivity index (χ3v) is 6.41. The Kier molecular flexibility index (Phi) is 5.35. The summed E-state index contributed by atoms with van der Waals surface area (Å²) in [5, 5.41) is 0. The Morgan fingerprint density at radius 1 is 0.900 bits per heavy atom. The molecule has 0 heterocycles. The van der Waals surface area contributed by atoms with Crippen LogP contribution in [0, 0.1) is 34.6 Å². The second-order valence-electron chi connectivity index (χ2n) is 5.42. The molecule has 5 heteroatoms. The molecule has 0 amide bonds. The molecule has 0 bridgehead atoms. The minimum Gasteiger partial charge on any atom is -0.330 e. The van der Waals surface area contributed by atoms with Gasteiger partial charge in [-0.25, -0.2) is 12.7 Å². The molecular formula is C15H26N2O2S. The third kappa shape index (κ3) is 2.90. The molecule has 0 spiro atoms. The van der Waals surface area contributed by atoms with E-state index in [4.69, 9.17) is 5.73 Å². The number of rotatable bonds is 5. The van der Waals surface area contributed by atoms with E-state index < -0.39 is 10.0 Å². The molecule has 114 valence electrons. The molecule has 0 atom stereocenters. The molecule has 0 unspecified atom stereocenters. The van der Waals surface area contributed by atoms with E-state index >= 15 is 0 Å². The second-order valence-corrected chi connectivity index (χ2v) is 7.40. The van der Waals surface area contributed by atoms with Gasteiger partial charge in [-0.3, -0.25) is 0 Å². The lowest BCUT2D eigenvalue weighted by molar-refractivity contribution is 0.462. The molecule has 0 saturated heterocycles. The SMILES string of the molecule is Cc1c(C)c(C)c(S(=O)(=O)N(C)CCCN)c(C)c1C. The Morgan fingerprint density at radius 2 is 1.30 bits per heavy atom. The topological polar surface area (TPSA) is 63.4 Å². The van der Waals surface area contributed by atoms with Crippen molar-refractivity contribution in [1.29, 1.82) is 0 Å². The third-order valence-electron chi connectivity index (χ3n) is 4.28. The highest BCUT2D eigenvalue weighted by molar-refractivity contribution is 7.89. The maximum Gasteiger partial charge on any atom is 0.243 e. The summed E-state index contributed by atoms with van der Waals surface area (Å²) in [6.45, 7) is 10.7. The molecule has 1 aromatic carbocycles. The number of nitrogens with two attached hydrogens (primary N) is 1. The van der Waals surface area contributed by atoms with Gasteiger partial charge in [0.05, 0.1) is 4.90 Å². The fourth-order valence-electron chi connectivity index (χ4n) is 2.44. The lowest BCUT2D eigenvalue weighted by Gasteiger charge is -2.23. The van der Waals surface area contributed by atoms with E-state index in [1.165, 1.54) is 9.87 Å². The molecule has 1 aromatic rings. The Balaban J connectivity index is 3.47. The fraction of sp³-hybridized carbons (Fsp3) is 0.600. The summed E-state index contributed by atoms with van der Waals surface area (Å²) in [6.07, 6.45) is 0.664. The molecule has 4 nitrogen and oxygen atoms in total. The molecule has 0 radical (unpaired) electrons. The molecule has 0 aliphatic rings. The smallest absolute Gasteiger partial charge is 0.243 e. The summed E-state index contributed by atoms with van der Waals surface area (Å²) >= 11 is 0. The van der Waals surface area contributed by atoms with E-state index in [0.29, 0.717) is 24.4 Å². The van der Waals surface area contributed by atoms with Gasteiger partial charge in [-0.1, -0.05) is 0 Å². The van der Waals surface area contributed by atoms with E-state index in [9.17, 15) is 8.42 Å². The largest absolute Gasteiger partial charge is 0.330 e. The fourth-order valence-corrected chi connectivity index (χ4v) is 4.20. The summed E-state index contributed by atoms with van der Waals surface area (Å²) < 4.78 is 27.0. The first-order valence-electron chi connectivity index (χ1n) is 6.89. The van der Waals surface area contributed by atoms with Crippen LogP contribution in [0.25, 0.3) is 0 Å². The number of nitrogens with zero attached hydrogens (tertiary/aromatic N) is 1. The van der Waals surface area contributed by atoms with Crippen molar-refractivity contribution in [1.82, 2.24) is 4.31 Å². The van der Waals surface area contributed by atoms with E-state index in [1.54, 1.807) is 7.05 Å². The van der Waals surface area contributed by atoms with Crippen LogP contribution in [0.2, 0.25) is 0 Å². The molecular weight excluding hydrogens is 272 g/mol. The van der Waals surface area contributed by atoms with E-state index in [-0.39, 0.29) is 0 Å². The summed E-state index contributed by atoms with van der Waals surface area (Å²) in [7, 11) is -1.84. The maximum atomic E-state index is 12.8. The van der Waals surface area contributed by atoms with Crippen molar-refractivity contribution in [2.45, 2.75) is 45.9 Å². The van der Waals surface area contributed by atoms with E-state index in [2.05, 4.69) is 0 Å². The zero-order valence-corrected chi connectivity index (χ0v) is 14.2. The van der Waals surface area contributed by atoms with Gasteiger partial charge in [0.15, 0.2) is 0 Å². The van der Waals surface area contributed by atoms with Gasteiger partial charge in [0.2, 0.25) is 10.0 Å². The van der Waals surface area contributed by atoms with Crippen molar-refractivity contribution in [3.63, 3.8) is 0 Å². The summed E-state index contributed by atoms with van der Waals surface area (Å²) in [6, 6.07) is 0. The highest BCUT2D eigenvalue weighted by Crippen LogP contribution is 2.31. The van der Waals surface area contributed by atoms with Crippen molar-refractivity contribution in [2.75, 3.05) is 20.1 Å². The van der Waals surface area contributed by atoms with Crippen LogP contribution in [0.1, 0.15) is 34.2 Å². The summed E-state index contributed by atoms with van der Waals surface area (Å²) in [5.74, 6) is 0. The van der Waals surface area contributed by atoms with Crippen LogP contribution in [-0.2, 0) is 10.0 Å². The van der Waals surface area contributed by atoms with E-state index in [0.717, 1.165) is 22.3 Å². The lowest BCUT2D eigenvalue weighted by Crippen LogP contribution is -2.30. The Hall–Kier alpha value is -0.910. The molecule has 0 fully saturated rings. The predicted octanol–water partition coefficient (Wildman–Crippen LogP) is 2.20. The van der Waals surface area contributed by atoms with Gasteiger partial charge in [-0.15, -0.1) is 0 Å². The summed E-state index contributed by atoms with van der Waals surface area (Å²) in [5.41, 5.74) is 10.4. The Labute approximate surface area is 123 Å². The molecule has 0 aliphatic heterocycles. The van der Waals surface area contributed by atoms with Crippen molar-refractivity contribution < 1.29 is 8.42 Å². The quantitative estimate of drug-likeness (QED) is 0.906. The van der Waals surface area contributed by atoms with Crippen LogP contribution >= 0.6 is 0 Å². The maximum absolute atomic E-state index is 12.8. The van der Waals surface area contributed by atoms with Gasteiger partial charge in [-0.2, -0.15) is 0 Å².